The van der Waals surface area contributed by atoms with E-state index in [-0.39, 0.29) is 18.0 Å². The molecule has 168 valence electrons. The molecule has 0 aromatic heterocycles. The highest BCUT2D eigenvalue weighted by Crippen LogP contribution is 2.26. The summed E-state index contributed by atoms with van der Waals surface area (Å²) in [6.07, 6.45) is 10.1. The van der Waals surface area contributed by atoms with E-state index in [1.54, 1.807) is 4.90 Å². The first-order valence-electron chi connectivity index (χ1n) is 11.2. The summed E-state index contributed by atoms with van der Waals surface area (Å²) < 4.78 is 11.3. The first kappa shape index (κ1) is 20.6. The minimum Gasteiger partial charge on any atom is -0.487 e. The topological polar surface area (TPSA) is 83.1 Å². The average molecular weight is 437 g/mol. The lowest BCUT2D eigenvalue weighted by Crippen LogP contribution is -2.56. The third kappa shape index (κ3) is 4.65. The first-order chi connectivity index (χ1) is 15.6. The Balaban J connectivity index is 1.06. The van der Waals surface area contributed by atoms with Crippen LogP contribution in [0.5, 0.6) is 5.75 Å². The van der Waals surface area contributed by atoms with E-state index >= 15 is 0 Å². The highest BCUT2D eigenvalue weighted by Gasteiger charge is 2.33. The normalized spacial score (nSPS) is 20.6. The summed E-state index contributed by atoms with van der Waals surface area (Å²) in [5.74, 6) is 1.40. The van der Waals surface area contributed by atoms with Crippen LogP contribution in [0.3, 0.4) is 0 Å². The second kappa shape index (κ2) is 9.08. The van der Waals surface area contributed by atoms with Crippen molar-refractivity contribution in [2.75, 3.05) is 38.2 Å². The molecule has 0 spiro atoms. The van der Waals surface area contributed by atoms with E-state index in [0.717, 1.165) is 43.0 Å². The van der Waals surface area contributed by atoms with Gasteiger partial charge in [-0.3, -0.25) is 9.69 Å². The van der Waals surface area contributed by atoms with E-state index < -0.39 is 0 Å². The molecule has 5 rings (SSSR count). The lowest BCUT2D eigenvalue weighted by Gasteiger charge is -2.39. The molecule has 3 amide bonds. The maximum atomic E-state index is 12.5. The van der Waals surface area contributed by atoms with E-state index in [4.69, 9.17) is 9.47 Å². The molecule has 2 fully saturated rings. The number of benzene rings is 1. The van der Waals surface area contributed by atoms with Crippen molar-refractivity contribution in [2.45, 2.75) is 25.4 Å². The summed E-state index contributed by atoms with van der Waals surface area (Å²) in [5, 5.41) is 5.96. The van der Waals surface area contributed by atoms with E-state index in [1.807, 2.05) is 53.8 Å². The van der Waals surface area contributed by atoms with Gasteiger partial charge in [0.15, 0.2) is 0 Å². The Bertz CT molecular complexity index is 957. The van der Waals surface area contributed by atoms with Gasteiger partial charge in [-0.2, -0.15) is 0 Å². The lowest BCUT2D eigenvalue weighted by atomic mass is 9.95. The molecule has 2 saturated heterocycles. The van der Waals surface area contributed by atoms with Crippen LogP contribution in [0, 0.1) is 5.92 Å². The van der Waals surface area contributed by atoms with Crippen molar-refractivity contribution in [3.63, 3.8) is 0 Å². The van der Waals surface area contributed by atoms with Gasteiger partial charge in [-0.1, -0.05) is 0 Å². The average Bonchev–Trinajstić information content (AvgIpc) is 3.22. The van der Waals surface area contributed by atoms with Crippen molar-refractivity contribution in [3.05, 3.63) is 60.1 Å². The third-order valence-corrected chi connectivity index (χ3v) is 6.30. The van der Waals surface area contributed by atoms with Crippen LogP contribution >= 0.6 is 0 Å². The van der Waals surface area contributed by atoms with Gasteiger partial charge < -0.3 is 25.0 Å². The molecule has 0 radical (unpaired) electrons. The van der Waals surface area contributed by atoms with E-state index in [2.05, 4.69) is 10.6 Å². The Morgan fingerprint density at radius 1 is 1.16 bits per heavy atom. The molecule has 4 heterocycles. The number of urea groups is 1. The van der Waals surface area contributed by atoms with Gasteiger partial charge in [0.2, 0.25) is 5.91 Å². The number of fused-ring (bicyclic) bond motifs is 1. The van der Waals surface area contributed by atoms with Gasteiger partial charge in [0.05, 0.1) is 19.6 Å². The van der Waals surface area contributed by atoms with Crippen LogP contribution in [-0.4, -0.2) is 60.7 Å². The Morgan fingerprint density at radius 3 is 2.69 bits per heavy atom. The summed E-state index contributed by atoms with van der Waals surface area (Å²) in [6.45, 7) is 3.34. The Morgan fingerprint density at radius 2 is 1.94 bits per heavy atom. The van der Waals surface area contributed by atoms with E-state index in [9.17, 15) is 9.59 Å². The van der Waals surface area contributed by atoms with Crippen LogP contribution in [0.4, 0.5) is 10.5 Å². The molecule has 0 aliphatic carbocycles. The van der Waals surface area contributed by atoms with Gasteiger partial charge >= 0.3 is 6.03 Å². The van der Waals surface area contributed by atoms with Crippen molar-refractivity contribution in [2.24, 2.45) is 5.92 Å². The quantitative estimate of drug-likeness (QED) is 0.742. The predicted octanol–water partition coefficient (Wildman–Crippen LogP) is 2.83. The number of likely N-dealkylation sites (tertiary alicyclic amines) is 1. The van der Waals surface area contributed by atoms with Crippen LogP contribution in [0.15, 0.2) is 60.1 Å². The van der Waals surface area contributed by atoms with Crippen molar-refractivity contribution in [1.82, 2.24) is 15.1 Å². The molecule has 0 bridgehead atoms. The zero-order valence-corrected chi connectivity index (χ0v) is 18.0. The maximum Gasteiger partial charge on any atom is 0.326 e. The summed E-state index contributed by atoms with van der Waals surface area (Å²) in [5.41, 5.74) is 2.84. The van der Waals surface area contributed by atoms with Gasteiger partial charge in [0.1, 0.15) is 11.9 Å². The minimum absolute atomic E-state index is 0.0172. The number of carbonyl (C=O) groups is 2. The van der Waals surface area contributed by atoms with Crippen LogP contribution in [0.2, 0.25) is 0 Å². The standard InChI is InChI=1S/C24H28N4O4/c29-23(11-17-6-9-31-10-7-17)27-15-22(16-27)32-21-3-1-20(2-4-21)26-24(30)28-13-18-5-8-25-12-19(18)14-28/h1-5,8,12-13,17,22,25H,6-7,9-11,14-16H2,(H,26,30). The number of rotatable bonds is 5. The molecule has 8 heteroatoms. The van der Waals surface area contributed by atoms with Crippen LogP contribution in [0.25, 0.3) is 0 Å². The largest absolute Gasteiger partial charge is 0.487 e. The number of allylic oxidation sites excluding steroid dienone is 1. The van der Waals surface area contributed by atoms with E-state index in [1.165, 1.54) is 0 Å². The number of amides is 3. The number of nitrogens with one attached hydrogen (secondary N) is 2. The molecule has 0 saturated carbocycles. The summed E-state index contributed by atoms with van der Waals surface area (Å²) in [4.78, 5) is 28.5. The Kier molecular flexibility index (Phi) is 5.85. The van der Waals surface area contributed by atoms with E-state index in [0.29, 0.717) is 37.7 Å². The van der Waals surface area contributed by atoms with Gasteiger partial charge in [-0.05, 0) is 60.2 Å². The highest BCUT2D eigenvalue weighted by atomic mass is 16.5. The molecule has 1 aromatic carbocycles. The molecule has 0 unspecified atom stereocenters. The molecule has 4 aliphatic heterocycles. The fourth-order valence-corrected chi connectivity index (χ4v) is 4.31. The zero-order valence-electron chi connectivity index (χ0n) is 18.0. The second-order valence-corrected chi connectivity index (χ2v) is 8.63. The number of anilines is 1. The molecular weight excluding hydrogens is 408 g/mol. The smallest absolute Gasteiger partial charge is 0.326 e. The summed E-state index contributed by atoms with van der Waals surface area (Å²) in [7, 11) is 0. The minimum atomic E-state index is -0.174. The van der Waals surface area contributed by atoms with Gasteiger partial charge in [0, 0.05) is 43.9 Å². The number of nitrogens with zero attached hydrogens (tertiary/aromatic N) is 2. The lowest BCUT2D eigenvalue weighted by molar-refractivity contribution is -0.141. The van der Waals surface area contributed by atoms with Crippen molar-refractivity contribution in [1.29, 1.82) is 0 Å². The van der Waals surface area contributed by atoms with Crippen LogP contribution < -0.4 is 15.4 Å². The van der Waals surface area contributed by atoms with Crippen molar-refractivity contribution >= 4 is 17.6 Å². The summed E-state index contributed by atoms with van der Waals surface area (Å²) in [6, 6.07) is 7.18. The number of dihydropyridines is 1. The molecule has 4 aliphatic rings. The molecule has 8 nitrogen and oxygen atoms in total. The zero-order chi connectivity index (χ0) is 21.9. The predicted molar refractivity (Wildman–Crippen MR) is 120 cm³/mol. The van der Waals surface area contributed by atoms with Gasteiger partial charge in [-0.15, -0.1) is 0 Å². The fourth-order valence-electron chi connectivity index (χ4n) is 4.31. The Labute approximate surface area is 187 Å². The van der Waals surface area contributed by atoms with Crippen LogP contribution in [0.1, 0.15) is 19.3 Å². The number of hydrogen-bond acceptors (Lipinski definition) is 5. The Hall–Kier alpha value is -3.26. The SMILES string of the molecule is O=C(Nc1ccc(OC2CN(C(=O)CC3CCOCC3)C2)cc1)N1C=C2C=CNC=C2C1. The highest BCUT2D eigenvalue weighted by molar-refractivity contribution is 5.91. The first-order valence-corrected chi connectivity index (χ1v) is 11.2. The van der Waals surface area contributed by atoms with Crippen molar-refractivity contribution < 1.29 is 19.1 Å². The maximum absolute atomic E-state index is 12.5. The van der Waals surface area contributed by atoms with Crippen LogP contribution in [-0.2, 0) is 9.53 Å². The molecular formula is C24H28N4O4. The molecule has 32 heavy (non-hydrogen) atoms. The third-order valence-electron chi connectivity index (χ3n) is 6.30. The second-order valence-electron chi connectivity index (χ2n) is 8.63. The number of ether oxygens (including phenoxy) is 2. The fraction of sp³-hybridized carbons (Fsp3) is 0.417. The molecule has 2 N–H and O–H groups in total. The van der Waals surface area contributed by atoms with Gasteiger partial charge in [-0.25, -0.2) is 4.79 Å². The van der Waals surface area contributed by atoms with Crippen molar-refractivity contribution in [3.8, 4) is 5.75 Å². The monoisotopic (exact) mass is 436 g/mol. The molecule has 1 aromatic rings. The number of carbonyl (C=O) groups excluding carboxylic acids is 2. The molecule has 0 atom stereocenters. The summed E-state index contributed by atoms with van der Waals surface area (Å²) >= 11 is 0. The van der Waals surface area contributed by atoms with Gasteiger partial charge in [0.25, 0.3) is 0 Å². The number of hydrogen-bond donors (Lipinski definition) is 2.